The summed E-state index contributed by atoms with van der Waals surface area (Å²) in [6.07, 6.45) is 3.98. The molecule has 2 aliphatic heterocycles. The van der Waals surface area contributed by atoms with Crippen molar-refractivity contribution in [2.24, 2.45) is 0 Å². The predicted molar refractivity (Wildman–Crippen MR) is 92.3 cm³/mol. The third-order valence-corrected chi connectivity index (χ3v) is 5.63. The lowest BCUT2D eigenvalue weighted by atomic mass is 10.0. The molecule has 2 aromatic rings. The number of fused-ring (bicyclic) bond motifs is 3. The number of carbonyl (C=O) groups is 1. The van der Waals surface area contributed by atoms with Gasteiger partial charge in [-0.1, -0.05) is 12.1 Å². The largest absolute Gasteiger partial charge is 0.459 e. The minimum atomic E-state index is -0.492. The number of benzene rings is 1. The van der Waals surface area contributed by atoms with E-state index in [-0.39, 0.29) is 17.1 Å². The summed E-state index contributed by atoms with van der Waals surface area (Å²) in [5.74, 6) is -0.492. The molecule has 0 amide bonds. The molecule has 0 saturated carbocycles. The molecule has 0 aliphatic carbocycles. The van der Waals surface area contributed by atoms with Crippen molar-refractivity contribution in [3.8, 4) is 0 Å². The van der Waals surface area contributed by atoms with Crippen molar-refractivity contribution >= 4 is 16.9 Å². The lowest BCUT2D eigenvalue weighted by molar-refractivity contribution is -0.000647. The molecular weight excluding hydrogens is 304 g/mol. The van der Waals surface area contributed by atoms with Crippen molar-refractivity contribution in [2.75, 3.05) is 7.05 Å². The van der Waals surface area contributed by atoms with Crippen LogP contribution in [-0.4, -0.2) is 41.1 Å². The number of esters is 1. The van der Waals surface area contributed by atoms with Gasteiger partial charge in [-0.15, -0.1) is 0 Å². The van der Waals surface area contributed by atoms with Crippen LogP contribution in [-0.2, 0) is 4.74 Å². The molecule has 5 heteroatoms. The van der Waals surface area contributed by atoms with Crippen LogP contribution in [0.5, 0.6) is 0 Å². The Bertz CT molecular complexity index is 843. The van der Waals surface area contributed by atoms with Gasteiger partial charge in [0.1, 0.15) is 11.7 Å². The normalized spacial score (nSPS) is 26.7. The number of piperidine rings is 1. The number of rotatable bonds is 2. The molecule has 3 heterocycles. The smallest absolute Gasteiger partial charge is 0.344 e. The molecule has 4 rings (SSSR count). The number of nitrogens with zero attached hydrogens (tertiary/aromatic N) is 1. The standard InChI is InChI=1S/C19H22N2O3/c1-11-17(18(22)15-5-3-4-6-16(15)20-11)19(23)24-14-9-12-7-8-13(10-14)21(12)2/h3-6,12-14H,7-10H2,1-2H3,(H,20,22)/t12-,13+,14?. The monoisotopic (exact) mass is 326 g/mol. The molecule has 0 radical (unpaired) electrons. The zero-order valence-electron chi connectivity index (χ0n) is 14.0. The van der Waals surface area contributed by atoms with E-state index in [0.29, 0.717) is 23.2 Å². The van der Waals surface area contributed by atoms with Crippen LogP contribution in [0.1, 0.15) is 41.7 Å². The van der Waals surface area contributed by atoms with Gasteiger partial charge in [-0.05, 0) is 38.9 Å². The van der Waals surface area contributed by atoms with Crippen LogP contribution in [0.3, 0.4) is 0 Å². The number of aromatic nitrogens is 1. The molecule has 1 aromatic carbocycles. The zero-order chi connectivity index (χ0) is 16.8. The van der Waals surface area contributed by atoms with Crippen molar-refractivity contribution in [3.63, 3.8) is 0 Å². The van der Waals surface area contributed by atoms with E-state index >= 15 is 0 Å². The van der Waals surface area contributed by atoms with Gasteiger partial charge in [-0.3, -0.25) is 4.79 Å². The van der Waals surface area contributed by atoms with Gasteiger partial charge in [-0.2, -0.15) is 0 Å². The van der Waals surface area contributed by atoms with Gasteiger partial charge in [0, 0.05) is 41.5 Å². The van der Waals surface area contributed by atoms with Crippen LogP contribution in [0.25, 0.3) is 10.9 Å². The van der Waals surface area contributed by atoms with Crippen molar-refractivity contribution in [2.45, 2.75) is 50.8 Å². The Balaban J connectivity index is 1.61. The van der Waals surface area contributed by atoms with Gasteiger partial charge >= 0.3 is 5.97 Å². The Labute approximate surface area is 140 Å². The first-order valence-corrected chi connectivity index (χ1v) is 8.59. The number of ether oxygens (including phenoxy) is 1. The highest BCUT2D eigenvalue weighted by Gasteiger charge is 2.40. The van der Waals surface area contributed by atoms with Crippen LogP contribution in [0.2, 0.25) is 0 Å². The van der Waals surface area contributed by atoms with Gasteiger partial charge in [-0.25, -0.2) is 4.79 Å². The third kappa shape index (κ3) is 2.44. The Hall–Kier alpha value is -2.14. The lowest BCUT2D eigenvalue weighted by Crippen LogP contribution is -2.43. The van der Waals surface area contributed by atoms with Crippen molar-refractivity contribution < 1.29 is 9.53 Å². The first-order valence-electron chi connectivity index (χ1n) is 8.59. The highest BCUT2D eigenvalue weighted by atomic mass is 16.5. The van der Waals surface area contributed by atoms with Crippen LogP contribution >= 0.6 is 0 Å². The molecule has 1 unspecified atom stereocenters. The molecular formula is C19H22N2O3. The van der Waals surface area contributed by atoms with Crippen LogP contribution < -0.4 is 5.43 Å². The van der Waals surface area contributed by atoms with E-state index in [1.165, 1.54) is 12.8 Å². The topological polar surface area (TPSA) is 62.4 Å². The summed E-state index contributed by atoms with van der Waals surface area (Å²) >= 11 is 0. The second kappa shape index (κ2) is 5.74. The Morgan fingerprint density at radius 2 is 1.88 bits per heavy atom. The van der Waals surface area contributed by atoms with Gasteiger partial charge in [0.05, 0.1) is 0 Å². The van der Waals surface area contributed by atoms with Crippen LogP contribution in [0, 0.1) is 6.92 Å². The Kier molecular flexibility index (Phi) is 3.68. The molecule has 1 aromatic heterocycles. The van der Waals surface area contributed by atoms with E-state index in [1.54, 1.807) is 19.1 Å². The van der Waals surface area contributed by atoms with Gasteiger partial charge < -0.3 is 14.6 Å². The lowest BCUT2D eigenvalue weighted by Gasteiger charge is -2.35. The number of carbonyl (C=O) groups excluding carboxylic acids is 1. The van der Waals surface area contributed by atoms with E-state index in [1.807, 2.05) is 12.1 Å². The molecule has 5 nitrogen and oxygen atoms in total. The quantitative estimate of drug-likeness (QED) is 0.862. The van der Waals surface area contributed by atoms with E-state index in [4.69, 9.17) is 4.74 Å². The minimum absolute atomic E-state index is 0.0866. The number of pyridine rings is 1. The SMILES string of the molecule is Cc1[nH]c2ccccc2c(=O)c1C(=O)OC1C[C@H]2CC[C@@H](C1)N2C. The number of aryl methyl sites for hydroxylation is 1. The van der Waals surface area contributed by atoms with Crippen LogP contribution in [0.15, 0.2) is 29.1 Å². The number of hydrogen-bond donors (Lipinski definition) is 1. The van der Waals surface area contributed by atoms with Gasteiger partial charge in [0.25, 0.3) is 0 Å². The fourth-order valence-corrected chi connectivity index (χ4v) is 4.27. The second-order valence-corrected chi connectivity index (χ2v) is 7.05. The van der Waals surface area contributed by atoms with E-state index < -0.39 is 5.97 Å². The molecule has 3 atom stereocenters. The molecule has 2 bridgehead atoms. The molecule has 2 saturated heterocycles. The molecule has 24 heavy (non-hydrogen) atoms. The second-order valence-electron chi connectivity index (χ2n) is 7.05. The van der Waals surface area contributed by atoms with E-state index in [0.717, 1.165) is 18.4 Å². The maximum absolute atomic E-state index is 12.7. The summed E-state index contributed by atoms with van der Waals surface area (Å²) < 4.78 is 5.73. The highest BCUT2D eigenvalue weighted by molar-refractivity contribution is 5.95. The van der Waals surface area contributed by atoms with E-state index in [2.05, 4.69) is 16.9 Å². The van der Waals surface area contributed by atoms with Crippen LogP contribution in [0.4, 0.5) is 0 Å². The van der Waals surface area contributed by atoms with Crippen molar-refractivity contribution in [1.29, 1.82) is 0 Å². The molecule has 2 fully saturated rings. The van der Waals surface area contributed by atoms with Gasteiger partial charge in [0.15, 0.2) is 0 Å². The summed E-state index contributed by atoms with van der Waals surface area (Å²) in [4.78, 5) is 30.9. The zero-order valence-corrected chi connectivity index (χ0v) is 14.0. The summed E-state index contributed by atoms with van der Waals surface area (Å²) in [6.45, 7) is 1.75. The number of para-hydroxylation sites is 1. The maximum Gasteiger partial charge on any atom is 0.344 e. The Morgan fingerprint density at radius 1 is 1.21 bits per heavy atom. The average Bonchev–Trinajstić information content (AvgIpc) is 2.77. The fourth-order valence-electron chi connectivity index (χ4n) is 4.27. The summed E-state index contributed by atoms with van der Waals surface area (Å²) in [5.41, 5.74) is 1.20. The molecule has 0 spiro atoms. The third-order valence-electron chi connectivity index (χ3n) is 5.63. The fraction of sp³-hybridized carbons (Fsp3) is 0.474. The number of H-pyrrole nitrogens is 1. The van der Waals surface area contributed by atoms with Crippen molar-refractivity contribution in [3.05, 3.63) is 45.7 Å². The molecule has 2 aliphatic rings. The highest BCUT2D eigenvalue weighted by Crippen LogP contribution is 2.35. The predicted octanol–water partition coefficient (Wildman–Crippen LogP) is 2.62. The average molecular weight is 326 g/mol. The first-order chi connectivity index (χ1) is 11.5. The minimum Gasteiger partial charge on any atom is -0.459 e. The summed E-state index contributed by atoms with van der Waals surface area (Å²) in [7, 11) is 2.15. The summed E-state index contributed by atoms with van der Waals surface area (Å²) in [6, 6.07) is 8.24. The number of nitrogens with one attached hydrogen (secondary N) is 1. The number of aromatic amines is 1. The maximum atomic E-state index is 12.7. The molecule has 1 N–H and O–H groups in total. The first kappa shape index (κ1) is 15.4. The van der Waals surface area contributed by atoms with E-state index in [9.17, 15) is 9.59 Å². The van der Waals surface area contributed by atoms with Crippen molar-refractivity contribution in [1.82, 2.24) is 9.88 Å². The molecule has 126 valence electrons. The summed E-state index contributed by atoms with van der Waals surface area (Å²) in [5, 5.41) is 0.526. The number of hydrogen-bond acceptors (Lipinski definition) is 4. The Morgan fingerprint density at radius 3 is 2.58 bits per heavy atom. The van der Waals surface area contributed by atoms with Gasteiger partial charge in [0.2, 0.25) is 5.43 Å².